The van der Waals surface area contributed by atoms with Gasteiger partial charge in [-0.15, -0.1) is 0 Å². The number of likely N-dealkylation sites (tertiary alicyclic amines) is 5. The second-order valence-corrected chi connectivity index (χ2v) is 9.00. The number of rotatable bonds is 1. The molecule has 0 atom stereocenters. The zero-order valence-electron chi connectivity index (χ0n) is 22.2. The Labute approximate surface area is 244 Å². The van der Waals surface area contributed by atoms with Gasteiger partial charge in [0.2, 0.25) is 5.41 Å². The summed E-state index contributed by atoms with van der Waals surface area (Å²) < 4.78 is 0. The molecule has 0 aliphatic carbocycles. The Balaban J connectivity index is 0.000000211. The maximum Gasteiger partial charge on any atom is 2.00 e. The second-order valence-electron chi connectivity index (χ2n) is 9.00. The quantitative estimate of drug-likeness (QED) is 0.140. The van der Waals surface area contributed by atoms with Crippen LogP contribution in [0.1, 0.15) is 6.92 Å². The Morgan fingerprint density at radius 3 is 0.878 bits per heavy atom. The number of amides is 12. The molecule has 216 valence electrons. The topological polar surface area (TPSA) is 235 Å². The van der Waals surface area contributed by atoms with Crippen molar-refractivity contribution in [3.05, 3.63) is 12.7 Å². The predicted molar refractivity (Wildman–Crippen MR) is 121 cm³/mol. The molecule has 0 aromatic heterocycles. The Morgan fingerprint density at radius 1 is 0.463 bits per heavy atom. The summed E-state index contributed by atoms with van der Waals surface area (Å²) in [4.78, 5) is 138. The van der Waals surface area contributed by atoms with Crippen LogP contribution in [0.5, 0.6) is 0 Å². The van der Waals surface area contributed by atoms with Crippen LogP contribution >= 0.6 is 0 Å². The summed E-state index contributed by atoms with van der Waals surface area (Å²) >= 11 is 0. The van der Waals surface area contributed by atoms with E-state index < -0.39 is 87.1 Å². The van der Waals surface area contributed by atoms with Crippen molar-refractivity contribution in [1.29, 1.82) is 0 Å². The van der Waals surface area contributed by atoms with Crippen LogP contribution in [0.2, 0.25) is 0 Å². The molecule has 0 unspecified atom stereocenters. The number of carbonyl (C=O) groups excluding carboxylic acids is 12. The molecule has 0 aromatic carbocycles. The summed E-state index contributed by atoms with van der Waals surface area (Å²) in [5.74, 6) is -9.04. The van der Waals surface area contributed by atoms with Crippen molar-refractivity contribution in [2.75, 3.05) is 34.7 Å². The number of nitrogens with zero attached hydrogens (tertiary/aromatic N) is 6. The van der Waals surface area contributed by atoms with Crippen molar-refractivity contribution in [3.8, 4) is 0 Å². The van der Waals surface area contributed by atoms with Crippen LogP contribution < -0.4 is 0 Å². The molecule has 6 rings (SSSR count). The van der Waals surface area contributed by atoms with Crippen LogP contribution in [0.15, 0.2) is 0 Å². The van der Waals surface area contributed by atoms with Gasteiger partial charge in [-0.05, 0) is 6.92 Å². The van der Waals surface area contributed by atoms with Gasteiger partial charge in [-0.3, -0.25) is 72.4 Å². The molecule has 0 N–H and O–H groups in total. The van der Waals surface area contributed by atoms with Crippen molar-refractivity contribution in [2.24, 2.45) is 16.2 Å². The van der Waals surface area contributed by atoms with Gasteiger partial charge in [-0.1, -0.05) is 0 Å². The molecule has 18 nitrogen and oxygen atoms in total. The first kappa shape index (κ1) is 32.7. The molecule has 19 heteroatoms. The third-order valence-corrected chi connectivity index (χ3v) is 7.30. The molecule has 0 radical (unpaired) electrons. The fourth-order valence-electron chi connectivity index (χ4n) is 4.75. The van der Waals surface area contributed by atoms with Crippen molar-refractivity contribution >= 4 is 70.9 Å². The van der Waals surface area contributed by atoms with Gasteiger partial charge in [-0.25, -0.2) is 0 Å². The maximum absolute atomic E-state index is 11.4. The summed E-state index contributed by atoms with van der Waals surface area (Å²) in [7, 11) is 4.96. The summed E-state index contributed by atoms with van der Waals surface area (Å²) in [6.07, 6.45) is 0. The molecule has 0 saturated carbocycles. The minimum atomic E-state index is -2.05. The SMILES string of the molecule is CCN1C(=O)C2(C(=O)N(C)C2=O)C1=O.CN1C(=O)C2(C(=O)[N-]C2=O)C1=O.CN1C(=O)C2(C1=O)C(=O)N(C)C2=O.[CH3-].[W+2]. The fraction of sp³-hybridized carbons (Fsp3) is 0.409. The zero-order chi connectivity index (χ0) is 29.7. The molecule has 6 heterocycles. The minimum absolute atomic E-state index is 0. The van der Waals surface area contributed by atoms with Gasteiger partial charge >= 0.3 is 21.1 Å². The number of hydrogen-bond acceptors (Lipinski definition) is 12. The van der Waals surface area contributed by atoms with Crippen LogP contribution in [0, 0.1) is 23.7 Å². The van der Waals surface area contributed by atoms with E-state index in [-0.39, 0.29) is 35.0 Å². The molecule has 6 aliphatic heterocycles. The van der Waals surface area contributed by atoms with Gasteiger partial charge in [0, 0.05) is 34.7 Å². The molecular weight excluding hydrogens is 724 g/mol. The summed E-state index contributed by atoms with van der Waals surface area (Å²) in [5.41, 5.74) is -6.01. The van der Waals surface area contributed by atoms with E-state index in [4.69, 9.17) is 0 Å². The molecule has 0 bridgehead atoms. The van der Waals surface area contributed by atoms with Crippen LogP contribution in [0.25, 0.3) is 5.32 Å². The number of carbonyl (C=O) groups is 12. The van der Waals surface area contributed by atoms with E-state index in [1.165, 1.54) is 28.2 Å². The summed E-state index contributed by atoms with van der Waals surface area (Å²) in [6.45, 7) is 1.81. The summed E-state index contributed by atoms with van der Waals surface area (Å²) in [5, 5.41) is 2.89. The van der Waals surface area contributed by atoms with E-state index in [9.17, 15) is 57.5 Å². The van der Waals surface area contributed by atoms with Gasteiger partial charge in [-0.2, -0.15) is 0 Å². The average Bonchev–Trinajstić information content (AvgIpc) is 2.93. The molecule has 12 amide bonds. The normalized spacial score (nSPS) is 23.6. The monoisotopic (exact) mass is 744 g/mol. The van der Waals surface area contributed by atoms with E-state index in [1.54, 1.807) is 6.92 Å². The van der Waals surface area contributed by atoms with Crippen molar-refractivity contribution in [1.82, 2.24) is 24.5 Å². The van der Waals surface area contributed by atoms with Crippen LogP contribution in [0.4, 0.5) is 0 Å². The van der Waals surface area contributed by atoms with Gasteiger partial charge in [0.15, 0.2) is 0 Å². The van der Waals surface area contributed by atoms with Gasteiger partial charge in [0.05, 0.1) is 11.8 Å². The molecule has 6 saturated heterocycles. The molecule has 41 heavy (non-hydrogen) atoms. The summed E-state index contributed by atoms with van der Waals surface area (Å²) in [6, 6.07) is 0. The predicted octanol–water partition coefficient (Wildman–Crippen LogP) is -4.81. The molecule has 6 aliphatic rings. The molecule has 3 spiro atoms. The number of β-lactam (4-membered cyclic amide) rings is 12. The zero-order valence-corrected chi connectivity index (χ0v) is 25.1. The van der Waals surface area contributed by atoms with Gasteiger partial charge < -0.3 is 22.3 Å². The standard InChI is InChI=1S/C8H8N2O4.C7H6N2O4.C6H4N2O4.CH3.W/c1-3-10-6(13)8(7(10)14)4(11)9(2)5(8)12;1-8-3(10)7(4(8)11)5(12)9(2)6(7)13;1-8-4(11)6(5(8)12)2(9)7-3(6)10;;/h3H2,1-2H3;1-2H3;1H3,(H,7,9,10);1H3;/q;;;-1;+2/p-1. The number of imide groups is 6. The van der Waals surface area contributed by atoms with Crippen molar-refractivity contribution in [2.45, 2.75) is 6.92 Å². The third-order valence-electron chi connectivity index (χ3n) is 7.30. The largest absolute Gasteiger partial charge is 2.00 e. The Hall–Kier alpha value is -4.47. The molecule has 6 fully saturated rings. The third kappa shape index (κ3) is 3.10. The number of hydrogen-bond donors (Lipinski definition) is 0. The van der Waals surface area contributed by atoms with E-state index in [1.807, 2.05) is 0 Å². The second kappa shape index (κ2) is 9.57. The Bertz CT molecular complexity index is 1310. The average molecular weight is 744 g/mol. The van der Waals surface area contributed by atoms with Gasteiger partial charge in [0.25, 0.3) is 69.9 Å². The van der Waals surface area contributed by atoms with Crippen molar-refractivity contribution in [3.63, 3.8) is 0 Å². The fourth-order valence-corrected chi connectivity index (χ4v) is 4.75. The first-order valence-electron chi connectivity index (χ1n) is 10.9. The first-order valence-corrected chi connectivity index (χ1v) is 10.9. The van der Waals surface area contributed by atoms with Crippen molar-refractivity contribution < 1.29 is 78.6 Å². The van der Waals surface area contributed by atoms with E-state index in [0.717, 1.165) is 24.5 Å². The van der Waals surface area contributed by atoms with Crippen LogP contribution in [0.3, 0.4) is 0 Å². The Kier molecular flexibility index (Phi) is 7.64. The minimum Gasteiger partial charge on any atom is -0.592 e. The Morgan fingerprint density at radius 2 is 0.683 bits per heavy atom. The van der Waals surface area contributed by atoms with E-state index in [2.05, 4.69) is 5.32 Å². The first-order chi connectivity index (χ1) is 18.0. The van der Waals surface area contributed by atoms with Crippen LogP contribution in [-0.2, 0) is 78.6 Å². The maximum atomic E-state index is 11.4. The smallest absolute Gasteiger partial charge is 0.592 e. The molecule has 0 aromatic rings. The van der Waals surface area contributed by atoms with E-state index in [0.29, 0.717) is 0 Å². The van der Waals surface area contributed by atoms with E-state index >= 15 is 0 Å². The van der Waals surface area contributed by atoms with Gasteiger partial charge in [0.1, 0.15) is 0 Å². The van der Waals surface area contributed by atoms with Crippen LogP contribution in [-0.4, -0.2) is 130 Å². The molecular formula is C22H20N6O12W.